The predicted octanol–water partition coefficient (Wildman–Crippen LogP) is 3.77. The van der Waals surface area contributed by atoms with E-state index in [-0.39, 0.29) is 0 Å². The molecular formula is C10H12ClI. The van der Waals surface area contributed by atoms with Gasteiger partial charge in [-0.15, -0.1) is 11.6 Å². The summed E-state index contributed by atoms with van der Waals surface area (Å²) in [5.41, 5.74) is 2.84. The van der Waals surface area contributed by atoms with Crippen molar-refractivity contribution in [2.75, 3.05) is 5.88 Å². The molecule has 0 aliphatic carbocycles. The fraction of sp³-hybridized carbons (Fsp3) is 0.400. The quantitative estimate of drug-likeness (QED) is 0.588. The summed E-state index contributed by atoms with van der Waals surface area (Å²) < 4.78 is 1.36. The van der Waals surface area contributed by atoms with Gasteiger partial charge in [-0.2, -0.15) is 0 Å². The van der Waals surface area contributed by atoms with Gasteiger partial charge in [0.2, 0.25) is 0 Å². The highest BCUT2D eigenvalue weighted by Crippen LogP contribution is 2.18. The summed E-state index contributed by atoms with van der Waals surface area (Å²) in [4.78, 5) is 0. The first-order chi connectivity index (χ1) is 5.75. The number of benzene rings is 1. The van der Waals surface area contributed by atoms with Crippen molar-refractivity contribution in [1.82, 2.24) is 0 Å². The fourth-order valence-electron chi connectivity index (χ4n) is 1.23. The van der Waals surface area contributed by atoms with Crippen LogP contribution in [0, 0.1) is 10.5 Å². The molecule has 0 heterocycles. The highest BCUT2D eigenvalue weighted by atomic mass is 127. The van der Waals surface area contributed by atoms with Crippen LogP contribution in [0.25, 0.3) is 0 Å². The van der Waals surface area contributed by atoms with Gasteiger partial charge in [-0.1, -0.05) is 12.1 Å². The molecular weight excluding hydrogens is 282 g/mol. The molecule has 0 bridgehead atoms. The molecule has 0 saturated carbocycles. The van der Waals surface area contributed by atoms with Gasteiger partial charge in [-0.05, 0) is 59.5 Å². The van der Waals surface area contributed by atoms with E-state index < -0.39 is 0 Å². The first kappa shape index (κ1) is 10.3. The first-order valence-electron chi connectivity index (χ1n) is 4.05. The maximum atomic E-state index is 5.65. The molecule has 0 atom stereocenters. The van der Waals surface area contributed by atoms with Gasteiger partial charge in [-0.25, -0.2) is 0 Å². The number of rotatable bonds is 3. The average Bonchev–Trinajstić information content (AvgIpc) is 2.04. The zero-order valence-electron chi connectivity index (χ0n) is 7.11. The van der Waals surface area contributed by atoms with E-state index in [4.69, 9.17) is 11.6 Å². The van der Waals surface area contributed by atoms with Crippen LogP contribution in [-0.4, -0.2) is 5.88 Å². The average molecular weight is 295 g/mol. The van der Waals surface area contributed by atoms with Crippen molar-refractivity contribution in [3.63, 3.8) is 0 Å². The van der Waals surface area contributed by atoms with Crippen LogP contribution in [0.15, 0.2) is 18.2 Å². The van der Waals surface area contributed by atoms with E-state index in [1.54, 1.807) is 0 Å². The SMILES string of the molecule is Cc1cccc(I)c1CCCCl. The van der Waals surface area contributed by atoms with E-state index >= 15 is 0 Å². The molecule has 0 amide bonds. The number of hydrogen-bond donors (Lipinski definition) is 0. The van der Waals surface area contributed by atoms with Crippen LogP contribution in [0.1, 0.15) is 17.5 Å². The van der Waals surface area contributed by atoms with Crippen molar-refractivity contribution in [2.24, 2.45) is 0 Å². The van der Waals surface area contributed by atoms with Crippen molar-refractivity contribution < 1.29 is 0 Å². The van der Waals surface area contributed by atoms with E-state index in [2.05, 4.69) is 47.7 Å². The minimum Gasteiger partial charge on any atom is -0.127 e. The monoisotopic (exact) mass is 294 g/mol. The van der Waals surface area contributed by atoms with Crippen molar-refractivity contribution in [3.8, 4) is 0 Å². The molecule has 0 aliphatic rings. The molecule has 66 valence electrons. The number of hydrogen-bond acceptors (Lipinski definition) is 0. The highest BCUT2D eigenvalue weighted by Gasteiger charge is 2.01. The third-order valence-electron chi connectivity index (χ3n) is 1.91. The molecule has 12 heavy (non-hydrogen) atoms. The number of halogens is 2. The molecule has 0 radical (unpaired) electrons. The summed E-state index contributed by atoms with van der Waals surface area (Å²) >= 11 is 8.04. The second-order valence-corrected chi connectivity index (χ2v) is 4.37. The van der Waals surface area contributed by atoms with Crippen LogP contribution in [-0.2, 0) is 6.42 Å². The molecule has 0 spiro atoms. The van der Waals surface area contributed by atoms with Crippen molar-refractivity contribution in [1.29, 1.82) is 0 Å². The zero-order chi connectivity index (χ0) is 8.97. The highest BCUT2D eigenvalue weighted by molar-refractivity contribution is 14.1. The Labute approximate surface area is 92.5 Å². The largest absolute Gasteiger partial charge is 0.127 e. The zero-order valence-corrected chi connectivity index (χ0v) is 10.0. The number of aryl methyl sites for hydroxylation is 1. The molecule has 0 unspecified atom stereocenters. The van der Waals surface area contributed by atoms with Crippen LogP contribution >= 0.6 is 34.2 Å². The Morgan fingerprint density at radius 3 is 2.75 bits per heavy atom. The molecule has 1 rings (SSSR count). The Bertz CT molecular complexity index is 238. The van der Waals surface area contributed by atoms with E-state index in [0.717, 1.165) is 18.7 Å². The van der Waals surface area contributed by atoms with Crippen molar-refractivity contribution in [3.05, 3.63) is 32.9 Å². The second-order valence-electron chi connectivity index (χ2n) is 2.83. The Morgan fingerprint density at radius 2 is 2.17 bits per heavy atom. The lowest BCUT2D eigenvalue weighted by Gasteiger charge is -2.06. The third kappa shape index (κ3) is 2.63. The van der Waals surface area contributed by atoms with Gasteiger partial charge >= 0.3 is 0 Å². The topological polar surface area (TPSA) is 0 Å². The summed E-state index contributed by atoms with van der Waals surface area (Å²) in [6, 6.07) is 6.41. The Kier molecular flexibility index (Phi) is 4.36. The summed E-state index contributed by atoms with van der Waals surface area (Å²) in [6.45, 7) is 2.16. The van der Waals surface area contributed by atoms with Crippen LogP contribution < -0.4 is 0 Å². The predicted molar refractivity (Wildman–Crippen MR) is 62.9 cm³/mol. The maximum absolute atomic E-state index is 5.65. The lowest BCUT2D eigenvalue weighted by molar-refractivity contribution is 0.913. The van der Waals surface area contributed by atoms with Gasteiger partial charge in [0.1, 0.15) is 0 Å². The molecule has 0 nitrogen and oxygen atoms in total. The summed E-state index contributed by atoms with van der Waals surface area (Å²) in [5, 5.41) is 0. The molecule has 0 aromatic heterocycles. The Hall–Kier alpha value is 0.240. The summed E-state index contributed by atoms with van der Waals surface area (Å²) in [6.07, 6.45) is 2.18. The Balaban J connectivity index is 2.81. The van der Waals surface area contributed by atoms with Gasteiger partial charge in [0.15, 0.2) is 0 Å². The van der Waals surface area contributed by atoms with Crippen LogP contribution in [0.3, 0.4) is 0 Å². The molecule has 1 aromatic rings. The van der Waals surface area contributed by atoms with E-state index in [9.17, 15) is 0 Å². The van der Waals surface area contributed by atoms with E-state index in [0.29, 0.717) is 0 Å². The Morgan fingerprint density at radius 1 is 1.42 bits per heavy atom. The van der Waals surface area contributed by atoms with Gasteiger partial charge in [0.05, 0.1) is 0 Å². The van der Waals surface area contributed by atoms with E-state index in [1.807, 2.05) is 0 Å². The molecule has 0 saturated heterocycles. The number of alkyl halides is 1. The fourth-order valence-corrected chi connectivity index (χ4v) is 2.26. The minimum atomic E-state index is 0.754. The summed E-state index contributed by atoms with van der Waals surface area (Å²) in [5.74, 6) is 0.754. The molecule has 0 aliphatic heterocycles. The van der Waals surface area contributed by atoms with Crippen LogP contribution in [0.2, 0.25) is 0 Å². The molecule has 0 fully saturated rings. The van der Waals surface area contributed by atoms with Gasteiger partial charge in [-0.3, -0.25) is 0 Å². The minimum absolute atomic E-state index is 0.754. The van der Waals surface area contributed by atoms with Gasteiger partial charge in [0, 0.05) is 9.45 Å². The normalized spacial score (nSPS) is 10.2. The first-order valence-corrected chi connectivity index (χ1v) is 5.67. The van der Waals surface area contributed by atoms with Gasteiger partial charge < -0.3 is 0 Å². The van der Waals surface area contributed by atoms with Crippen molar-refractivity contribution in [2.45, 2.75) is 19.8 Å². The van der Waals surface area contributed by atoms with Crippen molar-refractivity contribution >= 4 is 34.2 Å². The smallest absolute Gasteiger partial charge is 0.0226 e. The maximum Gasteiger partial charge on any atom is 0.0226 e. The van der Waals surface area contributed by atoms with Crippen LogP contribution in [0.4, 0.5) is 0 Å². The lowest BCUT2D eigenvalue weighted by Crippen LogP contribution is -1.93. The molecule has 1 aromatic carbocycles. The van der Waals surface area contributed by atoms with Gasteiger partial charge in [0.25, 0.3) is 0 Å². The molecule has 0 N–H and O–H groups in total. The second kappa shape index (κ2) is 5.07. The lowest BCUT2D eigenvalue weighted by atomic mass is 10.1. The third-order valence-corrected chi connectivity index (χ3v) is 3.19. The molecule has 2 heteroatoms. The summed E-state index contributed by atoms with van der Waals surface area (Å²) in [7, 11) is 0. The van der Waals surface area contributed by atoms with E-state index in [1.165, 1.54) is 14.7 Å². The standard InChI is InChI=1S/C10H12ClI/c1-8-4-2-6-10(12)9(8)5-3-7-11/h2,4,6H,3,5,7H2,1H3. The van der Waals surface area contributed by atoms with Crippen LogP contribution in [0.5, 0.6) is 0 Å².